The fourth-order valence-corrected chi connectivity index (χ4v) is 3.86. The van der Waals surface area contributed by atoms with E-state index in [1.807, 2.05) is 13.0 Å². The highest BCUT2D eigenvalue weighted by Gasteiger charge is 2.28. The van der Waals surface area contributed by atoms with Crippen LogP contribution < -0.4 is 16.8 Å². The molecule has 0 saturated carbocycles. The number of carbonyl (C=O) groups is 1. The van der Waals surface area contributed by atoms with Gasteiger partial charge in [-0.05, 0) is 66.6 Å². The third-order valence-electron chi connectivity index (χ3n) is 5.55. The lowest BCUT2D eigenvalue weighted by Gasteiger charge is -2.11. The number of aliphatic imine (C=N–C) groups is 1. The molecular formula is C26H24F2N6O. The molecule has 0 fully saturated rings. The maximum atomic E-state index is 14.4. The van der Waals surface area contributed by atoms with Gasteiger partial charge in [0.25, 0.3) is 5.91 Å². The van der Waals surface area contributed by atoms with Crippen LogP contribution in [0, 0.1) is 18.6 Å². The number of carbonyl (C=O) groups excluding carboxylic acids is 1. The van der Waals surface area contributed by atoms with Gasteiger partial charge in [-0.15, -0.1) is 0 Å². The van der Waals surface area contributed by atoms with Crippen molar-refractivity contribution in [1.29, 1.82) is 0 Å². The van der Waals surface area contributed by atoms with Crippen LogP contribution in [0.25, 0.3) is 22.5 Å². The van der Waals surface area contributed by atoms with E-state index < -0.39 is 5.82 Å². The van der Waals surface area contributed by atoms with E-state index in [9.17, 15) is 13.6 Å². The summed E-state index contributed by atoms with van der Waals surface area (Å²) in [5.74, 6) is -0.281. The minimum absolute atomic E-state index is 0.197. The van der Waals surface area contributed by atoms with Crippen LogP contribution in [-0.4, -0.2) is 29.1 Å². The van der Waals surface area contributed by atoms with Crippen LogP contribution in [0.1, 0.15) is 27.3 Å². The molecule has 3 aromatic carbocycles. The van der Waals surface area contributed by atoms with Crippen molar-refractivity contribution in [3.8, 4) is 22.5 Å². The van der Waals surface area contributed by atoms with Crippen molar-refractivity contribution >= 4 is 23.5 Å². The van der Waals surface area contributed by atoms with E-state index in [0.717, 1.165) is 11.3 Å². The van der Waals surface area contributed by atoms with E-state index in [2.05, 4.69) is 20.3 Å². The summed E-state index contributed by atoms with van der Waals surface area (Å²) in [4.78, 5) is 24.2. The first-order valence-corrected chi connectivity index (χ1v) is 10.8. The minimum atomic E-state index is -0.417. The van der Waals surface area contributed by atoms with Crippen molar-refractivity contribution in [2.45, 2.75) is 13.5 Å². The Kier molecular flexibility index (Phi) is 6.59. The number of benzene rings is 3. The van der Waals surface area contributed by atoms with Gasteiger partial charge >= 0.3 is 0 Å². The molecule has 0 saturated heterocycles. The van der Waals surface area contributed by atoms with Crippen LogP contribution in [0.15, 0.2) is 59.6 Å². The first kappa shape index (κ1) is 23.6. The average molecular weight is 475 g/mol. The normalized spacial score (nSPS) is 12.3. The van der Waals surface area contributed by atoms with Crippen molar-refractivity contribution in [3.63, 3.8) is 0 Å². The summed E-state index contributed by atoms with van der Waals surface area (Å²) in [5, 5.41) is 2.83. The number of fused-ring (bicyclic) bond motifs is 1. The lowest BCUT2D eigenvalue weighted by atomic mass is 9.92. The number of nitrogens with zero attached hydrogens (tertiary/aromatic N) is 2. The number of halogens is 2. The number of aromatic amines is 1. The Morgan fingerprint density at radius 1 is 0.971 bits per heavy atom. The number of amides is 1. The standard InChI is InChI=1S/C20H18FN5O.C6H6FN/c1-10-17(9-23-2)26-19(25-10)14-6-5-12(15-8-24-20(27)18(14)15)13-4-3-11(22)7-16(13)21;7-5-1-3-6(8)4-2-5/h3-7,9H,8,22H2,1-2H3,(H,24,27)(H,25,26);1-4H,8H2. The van der Waals surface area contributed by atoms with Crippen molar-refractivity contribution in [3.05, 3.63) is 88.7 Å². The summed E-state index contributed by atoms with van der Waals surface area (Å²) in [5.41, 5.74) is 16.5. The molecule has 1 aromatic heterocycles. The number of hydrogen-bond acceptors (Lipinski definition) is 5. The summed E-state index contributed by atoms with van der Waals surface area (Å²) >= 11 is 0. The topological polar surface area (TPSA) is 122 Å². The molecule has 6 N–H and O–H groups in total. The molecule has 0 spiro atoms. The number of anilines is 2. The molecular weight excluding hydrogens is 450 g/mol. The number of nitrogen functional groups attached to an aromatic ring is 2. The fourth-order valence-electron chi connectivity index (χ4n) is 3.86. The molecule has 4 aromatic rings. The van der Waals surface area contributed by atoms with Gasteiger partial charge < -0.3 is 21.8 Å². The van der Waals surface area contributed by atoms with Crippen molar-refractivity contribution in [1.82, 2.24) is 15.3 Å². The summed E-state index contributed by atoms with van der Waals surface area (Å²) in [6.45, 7) is 2.23. The quantitative estimate of drug-likeness (QED) is 0.258. The van der Waals surface area contributed by atoms with Crippen LogP contribution >= 0.6 is 0 Å². The predicted molar refractivity (Wildman–Crippen MR) is 134 cm³/mol. The second-order valence-electron chi connectivity index (χ2n) is 7.97. The predicted octanol–water partition coefficient (Wildman–Crippen LogP) is 4.47. The summed E-state index contributed by atoms with van der Waals surface area (Å²) < 4.78 is 26.5. The summed E-state index contributed by atoms with van der Waals surface area (Å²) in [6.07, 6.45) is 1.66. The molecule has 2 heterocycles. The van der Waals surface area contributed by atoms with Gasteiger partial charge in [-0.1, -0.05) is 6.07 Å². The zero-order valence-electron chi connectivity index (χ0n) is 19.2. The molecule has 0 radical (unpaired) electrons. The zero-order valence-corrected chi connectivity index (χ0v) is 19.2. The molecule has 9 heteroatoms. The molecule has 5 rings (SSSR count). The molecule has 35 heavy (non-hydrogen) atoms. The Bertz CT molecular complexity index is 1410. The molecule has 1 aliphatic rings. The van der Waals surface area contributed by atoms with E-state index >= 15 is 0 Å². The number of H-pyrrole nitrogens is 1. The summed E-state index contributed by atoms with van der Waals surface area (Å²) in [7, 11) is 1.68. The van der Waals surface area contributed by atoms with Crippen molar-refractivity contribution < 1.29 is 13.6 Å². The van der Waals surface area contributed by atoms with E-state index in [1.54, 1.807) is 31.5 Å². The number of rotatable bonds is 3. The van der Waals surface area contributed by atoms with Gasteiger partial charge in [0.2, 0.25) is 0 Å². The Balaban J connectivity index is 0.000000308. The number of imidazole rings is 1. The van der Waals surface area contributed by atoms with Gasteiger partial charge in [0.05, 0.1) is 5.56 Å². The first-order valence-electron chi connectivity index (χ1n) is 10.8. The Hall–Kier alpha value is -4.53. The smallest absolute Gasteiger partial charge is 0.252 e. The molecule has 178 valence electrons. The molecule has 1 amide bonds. The molecule has 0 aliphatic carbocycles. The van der Waals surface area contributed by atoms with E-state index in [0.29, 0.717) is 51.7 Å². The van der Waals surface area contributed by atoms with Crippen LogP contribution in [0.4, 0.5) is 20.2 Å². The highest BCUT2D eigenvalue weighted by Crippen LogP contribution is 2.36. The fraction of sp³-hybridized carbons (Fsp3) is 0.115. The van der Waals surface area contributed by atoms with Gasteiger partial charge in [0, 0.05) is 48.0 Å². The number of nitrogens with two attached hydrogens (primary N) is 2. The lowest BCUT2D eigenvalue weighted by molar-refractivity contribution is 0.0966. The van der Waals surface area contributed by atoms with Crippen LogP contribution in [0.5, 0.6) is 0 Å². The maximum Gasteiger partial charge on any atom is 0.252 e. The van der Waals surface area contributed by atoms with Crippen LogP contribution in [0.3, 0.4) is 0 Å². The van der Waals surface area contributed by atoms with Gasteiger partial charge in [-0.25, -0.2) is 13.8 Å². The first-order chi connectivity index (χ1) is 16.8. The largest absolute Gasteiger partial charge is 0.399 e. The van der Waals surface area contributed by atoms with Crippen molar-refractivity contribution in [2.24, 2.45) is 4.99 Å². The molecule has 0 atom stereocenters. The van der Waals surface area contributed by atoms with E-state index in [4.69, 9.17) is 11.5 Å². The van der Waals surface area contributed by atoms with Gasteiger partial charge in [-0.2, -0.15) is 0 Å². The second kappa shape index (κ2) is 9.76. The average Bonchev–Trinajstić information content (AvgIpc) is 3.39. The highest BCUT2D eigenvalue weighted by atomic mass is 19.1. The number of aromatic nitrogens is 2. The number of aryl methyl sites for hydroxylation is 1. The molecule has 1 aliphatic heterocycles. The minimum Gasteiger partial charge on any atom is -0.399 e. The van der Waals surface area contributed by atoms with Gasteiger partial charge in [0.15, 0.2) is 0 Å². The third-order valence-corrected chi connectivity index (χ3v) is 5.55. The zero-order chi connectivity index (χ0) is 25.1. The van der Waals surface area contributed by atoms with Crippen LogP contribution in [0.2, 0.25) is 0 Å². The van der Waals surface area contributed by atoms with Crippen molar-refractivity contribution in [2.75, 3.05) is 18.5 Å². The Labute approximate surface area is 200 Å². The van der Waals surface area contributed by atoms with Gasteiger partial charge in [0.1, 0.15) is 23.2 Å². The Morgan fingerprint density at radius 2 is 1.63 bits per heavy atom. The lowest BCUT2D eigenvalue weighted by Crippen LogP contribution is -2.13. The maximum absolute atomic E-state index is 14.4. The van der Waals surface area contributed by atoms with Gasteiger partial charge in [-0.3, -0.25) is 9.79 Å². The van der Waals surface area contributed by atoms with Crippen LogP contribution in [-0.2, 0) is 6.54 Å². The monoisotopic (exact) mass is 474 g/mol. The van der Waals surface area contributed by atoms with E-state index in [-0.39, 0.29) is 11.7 Å². The molecule has 0 unspecified atom stereocenters. The number of nitrogens with one attached hydrogen (secondary N) is 2. The third kappa shape index (κ3) is 4.89. The SMILES string of the molecule is CN=Cc1nc(-c2ccc(-c3ccc(N)cc3F)c3c2C(=O)NC3)[nH]c1C.Nc1ccc(F)cc1. The number of hydrogen-bond donors (Lipinski definition) is 4. The van der Waals surface area contributed by atoms with E-state index in [1.165, 1.54) is 30.3 Å². The summed E-state index contributed by atoms with van der Waals surface area (Å²) in [6, 6.07) is 13.9. The molecule has 7 nitrogen and oxygen atoms in total. The highest BCUT2D eigenvalue weighted by molar-refractivity contribution is 6.06. The Morgan fingerprint density at radius 3 is 2.29 bits per heavy atom. The molecule has 0 bridgehead atoms. The second-order valence-corrected chi connectivity index (χ2v) is 7.97.